The van der Waals surface area contributed by atoms with Crippen LogP contribution in [0.2, 0.25) is 0 Å². The third-order valence-corrected chi connectivity index (χ3v) is 7.55. The summed E-state index contributed by atoms with van der Waals surface area (Å²) in [4.78, 5) is 15.2. The first kappa shape index (κ1) is 21.8. The number of hydrogen-bond donors (Lipinski definition) is 1. The second-order valence-corrected chi connectivity index (χ2v) is 10.4. The first-order chi connectivity index (χ1) is 15.1. The number of carbonyl (C=O) groups excluding carboxylic acids is 1. The first-order valence-corrected chi connectivity index (χ1v) is 12.8. The molecule has 0 aliphatic carbocycles. The van der Waals surface area contributed by atoms with Crippen LogP contribution in [-0.4, -0.2) is 26.4 Å². The van der Waals surface area contributed by atoms with Crippen molar-refractivity contribution in [2.75, 3.05) is 5.75 Å². The maximum atomic E-state index is 12.8. The average molecular weight is 469 g/mol. The first-order valence-electron chi connectivity index (χ1n) is 10.1. The Balaban J connectivity index is 1.50. The molecule has 3 aromatic heterocycles. The van der Waals surface area contributed by atoms with Gasteiger partial charge in [-0.2, -0.15) is 0 Å². The van der Waals surface area contributed by atoms with Crippen LogP contribution in [0.4, 0.5) is 0 Å². The largest absolute Gasteiger partial charge is 0.347 e. The van der Waals surface area contributed by atoms with E-state index in [0.29, 0.717) is 18.1 Å². The van der Waals surface area contributed by atoms with E-state index in [1.165, 1.54) is 21.5 Å². The molecule has 1 N–H and O–H groups in total. The van der Waals surface area contributed by atoms with E-state index in [-0.39, 0.29) is 11.9 Å². The van der Waals surface area contributed by atoms with Gasteiger partial charge in [-0.05, 0) is 40.9 Å². The van der Waals surface area contributed by atoms with E-state index in [1.807, 2.05) is 47.8 Å². The van der Waals surface area contributed by atoms with Gasteiger partial charge in [0.1, 0.15) is 5.82 Å². The fraction of sp³-hybridized carbons (Fsp3) is 0.261. The summed E-state index contributed by atoms with van der Waals surface area (Å²) in [7, 11) is 0. The van der Waals surface area contributed by atoms with Crippen LogP contribution in [0, 0.1) is 5.92 Å². The Morgan fingerprint density at radius 2 is 1.81 bits per heavy atom. The molecule has 0 saturated carbocycles. The number of rotatable bonds is 9. The summed E-state index contributed by atoms with van der Waals surface area (Å²) in [5.41, 5.74) is 1.00. The van der Waals surface area contributed by atoms with Gasteiger partial charge in [0.15, 0.2) is 5.16 Å². The molecule has 0 aliphatic heterocycles. The monoisotopic (exact) mass is 468 g/mol. The summed E-state index contributed by atoms with van der Waals surface area (Å²) in [6.07, 6.45) is 0.708. The number of thioether (sulfide) groups is 1. The van der Waals surface area contributed by atoms with Gasteiger partial charge in [0.25, 0.3) is 0 Å². The summed E-state index contributed by atoms with van der Waals surface area (Å²) in [5, 5.41) is 16.9. The maximum Gasteiger partial charge on any atom is 0.230 e. The second-order valence-electron chi connectivity index (χ2n) is 7.42. The molecule has 0 radical (unpaired) electrons. The summed E-state index contributed by atoms with van der Waals surface area (Å²) in [5.74, 6) is 1.48. The molecule has 0 spiro atoms. The van der Waals surface area contributed by atoms with Gasteiger partial charge in [0, 0.05) is 21.9 Å². The van der Waals surface area contributed by atoms with E-state index in [2.05, 4.69) is 51.4 Å². The molecule has 1 unspecified atom stereocenters. The number of benzene rings is 1. The quantitative estimate of drug-likeness (QED) is 0.326. The fourth-order valence-corrected chi connectivity index (χ4v) is 5.73. The molecule has 0 bridgehead atoms. The lowest BCUT2D eigenvalue weighted by Gasteiger charge is -2.21. The Kier molecular flexibility index (Phi) is 7.21. The van der Waals surface area contributed by atoms with Gasteiger partial charge in [0.05, 0.1) is 11.8 Å². The standard InChI is InChI=1S/C23H24N4OS3/c1-16(2)22(19-11-7-13-30-19)24-21(28)15-31-23-26-25-20(14-18-10-6-12-29-18)27(23)17-8-4-3-5-9-17/h3-13,16,22H,14-15H2,1-2H3,(H,24,28). The van der Waals surface area contributed by atoms with Crippen LogP contribution in [0.3, 0.4) is 0 Å². The van der Waals surface area contributed by atoms with E-state index in [4.69, 9.17) is 0 Å². The molecule has 31 heavy (non-hydrogen) atoms. The lowest BCUT2D eigenvalue weighted by molar-refractivity contribution is -0.119. The second kappa shape index (κ2) is 10.3. The third-order valence-electron chi connectivity index (χ3n) is 4.79. The van der Waals surface area contributed by atoms with Crippen molar-refractivity contribution in [2.45, 2.75) is 31.5 Å². The smallest absolute Gasteiger partial charge is 0.230 e. The molecule has 0 saturated heterocycles. The zero-order valence-electron chi connectivity index (χ0n) is 17.4. The van der Waals surface area contributed by atoms with Gasteiger partial charge in [-0.3, -0.25) is 9.36 Å². The van der Waals surface area contributed by atoms with E-state index >= 15 is 0 Å². The van der Waals surface area contributed by atoms with Crippen molar-refractivity contribution in [3.63, 3.8) is 0 Å². The average Bonchev–Trinajstić information content (AvgIpc) is 3.54. The minimum atomic E-state index is -0.000446. The van der Waals surface area contributed by atoms with E-state index in [9.17, 15) is 4.79 Å². The van der Waals surface area contributed by atoms with E-state index in [1.54, 1.807) is 22.7 Å². The van der Waals surface area contributed by atoms with Crippen LogP contribution in [-0.2, 0) is 11.2 Å². The molecule has 8 heteroatoms. The normalized spacial score (nSPS) is 12.2. The van der Waals surface area contributed by atoms with Crippen molar-refractivity contribution in [3.05, 3.63) is 80.9 Å². The van der Waals surface area contributed by atoms with Gasteiger partial charge in [-0.15, -0.1) is 32.9 Å². The lowest BCUT2D eigenvalue weighted by atomic mass is 10.0. The molecule has 0 aliphatic rings. The predicted molar refractivity (Wildman–Crippen MR) is 129 cm³/mol. The fourth-order valence-electron chi connectivity index (χ4n) is 3.29. The molecule has 1 atom stereocenters. The molecule has 4 rings (SSSR count). The number of hydrogen-bond acceptors (Lipinski definition) is 6. The van der Waals surface area contributed by atoms with Crippen molar-refractivity contribution in [1.82, 2.24) is 20.1 Å². The van der Waals surface area contributed by atoms with Crippen LogP contribution in [0.1, 0.15) is 35.5 Å². The number of aromatic nitrogens is 3. The molecule has 4 aromatic rings. The van der Waals surface area contributed by atoms with Crippen LogP contribution in [0.25, 0.3) is 5.69 Å². The maximum absolute atomic E-state index is 12.8. The molecular weight excluding hydrogens is 444 g/mol. The van der Waals surface area contributed by atoms with Crippen molar-refractivity contribution >= 4 is 40.3 Å². The highest BCUT2D eigenvalue weighted by Crippen LogP contribution is 2.27. The molecular formula is C23H24N4OS3. The number of nitrogens with one attached hydrogen (secondary N) is 1. The van der Waals surface area contributed by atoms with Gasteiger partial charge in [-0.25, -0.2) is 0 Å². The molecule has 3 heterocycles. The highest BCUT2D eigenvalue weighted by atomic mass is 32.2. The predicted octanol–water partition coefficient (Wildman–Crippen LogP) is 5.59. The third kappa shape index (κ3) is 5.44. The Morgan fingerprint density at radius 1 is 1.03 bits per heavy atom. The summed E-state index contributed by atoms with van der Waals surface area (Å²) in [6, 6.07) is 18.3. The zero-order valence-corrected chi connectivity index (χ0v) is 19.8. The van der Waals surface area contributed by atoms with Crippen molar-refractivity contribution in [2.24, 2.45) is 5.92 Å². The SMILES string of the molecule is CC(C)C(NC(=O)CSc1nnc(Cc2cccs2)n1-c1ccccc1)c1cccs1. The zero-order chi connectivity index (χ0) is 21.6. The number of carbonyl (C=O) groups is 1. The number of amides is 1. The Labute approximate surface area is 194 Å². The Morgan fingerprint density at radius 3 is 2.48 bits per heavy atom. The minimum absolute atomic E-state index is 0.000446. The summed E-state index contributed by atoms with van der Waals surface area (Å²) in [6.45, 7) is 4.25. The molecule has 5 nitrogen and oxygen atoms in total. The van der Waals surface area contributed by atoms with Crippen LogP contribution in [0.15, 0.2) is 70.5 Å². The number of nitrogens with zero attached hydrogens (tertiary/aromatic N) is 3. The highest BCUT2D eigenvalue weighted by Gasteiger charge is 2.21. The Bertz CT molecular complexity index is 1090. The van der Waals surface area contributed by atoms with Gasteiger partial charge in [0.2, 0.25) is 5.91 Å². The summed E-state index contributed by atoms with van der Waals surface area (Å²) < 4.78 is 2.05. The van der Waals surface area contributed by atoms with Crippen molar-refractivity contribution in [1.29, 1.82) is 0 Å². The molecule has 160 valence electrons. The van der Waals surface area contributed by atoms with E-state index in [0.717, 1.165) is 16.7 Å². The minimum Gasteiger partial charge on any atom is -0.347 e. The van der Waals surface area contributed by atoms with Gasteiger partial charge < -0.3 is 5.32 Å². The topological polar surface area (TPSA) is 59.8 Å². The van der Waals surface area contributed by atoms with Crippen molar-refractivity contribution < 1.29 is 4.79 Å². The van der Waals surface area contributed by atoms with Crippen molar-refractivity contribution in [3.8, 4) is 5.69 Å². The summed E-state index contributed by atoms with van der Waals surface area (Å²) >= 11 is 4.80. The number of thiophene rings is 2. The van der Waals surface area contributed by atoms with Gasteiger partial charge >= 0.3 is 0 Å². The molecule has 0 fully saturated rings. The van der Waals surface area contributed by atoms with E-state index < -0.39 is 0 Å². The Hall–Kier alpha value is -2.42. The lowest BCUT2D eigenvalue weighted by Crippen LogP contribution is -2.32. The van der Waals surface area contributed by atoms with Crippen LogP contribution < -0.4 is 5.32 Å². The highest BCUT2D eigenvalue weighted by molar-refractivity contribution is 7.99. The molecule has 1 aromatic carbocycles. The number of para-hydroxylation sites is 1. The van der Waals surface area contributed by atoms with Crippen LogP contribution in [0.5, 0.6) is 0 Å². The van der Waals surface area contributed by atoms with Crippen LogP contribution >= 0.6 is 34.4 Å². The molecule has 1 amide bonds. The van der Waals surface area contributed by atoms with Gasteiger partial charge in [-0.1, -0.05) is 55.9 Å².